The van der Waals surface area contributed by atoms with Crippen LogP contribution in [0, 0.1) is 0 Å². The number of benzene rings is 2. The van der Waals surface area contributed by atoms with Crippen molar-refractivity contribution < 1.29 is 4.79 Å². The summed E-state index contributed by atoms with van der Waals surface area (Å²) in [5.74, 6) is -0.203. The van der Waals surface area contributed by atoms with Crippen LogP contribution in [0.3, 0.4) is 0 Å². The minimum absolute atomic E-state index is 0.0969. The third kappa shape index (κ3) is 3.80. The molecule has 2 aromatic carbocycles. The van der Waals surface area contributed by atoms with Gasteiger partial charge in [0.15, 0.2) is 0 Å². The largest absolute Gasteiger partial charge is 0.370 e. The van der Waals surface area contributed by atoms with Crippen LogP contribution in [-0.2, 0) is 16.8 Å². The second kappa shape index (κ2) is 6.97. The number of piperidine rings is 1. The Morgan fingerprint density at radius 1 is 0.957 bits per heavy atom. The second-order valence-electron chi connectivity index (χ2n) is 6.55. The van der Waals surface area contributed by atoms with Crippen LogP contribution in [0.4, 0.5) is 0 Å². The summed E-state index contributed by atoms with van der Waals surface area (Å²) in [6.45, 7) is 2.97. The molecule has 23 heavy (non-hydrogen) atoms. The Balaban J connectivity index is 1.71. The van der Waals surface area contributed by atoms with Gasteiger partial charge in [0.25, 0.3) is 0 Å². The molecule has 1 heterocycles. The predicted octanol–water partition coefficient (Wildman–Crippen LogP) is 3.10. The van der Waals surface area contributed by atoms with E-state index < -0.39 is 0 Å². The normalized spacial score (nSPS) is 17.7. The Morgan fingerprint density at radius 2 is 1.52 bits per heavy atom. The van der Waals surface area contributed by atoms with Crippen molar-refractivity contribution in [3.05, 3.63) is 71.8 Å². The van der Waals surface area contributed by atoms with Crippen molar-refractivity contribution in [3.8, 4) is 0 Å². The number of carbonyl (C=O) groups is 1. The van der Waals surface area contributed by atoms with Gasteiger partial charge in [-0.15, -0.1) is 0 Å². The lowest BCUT2D eigenvalue weighted by atomic mass is 9.70. The molecule has 1 fully saturated rings. The number of hydrogen-bond donors (Lipinski definition) is 1. The molecule has 1 aliphatic rings. The number of carbonyl (C=O) groups excluding carboxylic acids is 1. The zero-order valence-electron chi connectivity index (χ0n) is 13.4. The first-order chi connectivity index (χ1) is 11.2. The molecule has 0 radical (unpaired) electrons. The fraction of sp³-hybridized carbons (Fsp3) is 0.350. The van der Waals surface area contributed by atoms with Crippen LogP contribution in [0.1, 0.15) is 30.4 Å². The molecule has 0 spiro atoms. The van der Waals surface area contributed by atoms with Crippen LogP contribution in [0.25, 0.3) is 0 Å². The molecule has 3 rings (SSSR count). The van der Waals surface area contributed by atoms with Gasteiger partial charge in [-0.25, -0.2) is 0 Å². The van der Waals surface area contributed by atoms with Crippen LogP contribution < -0.4 is 5.73 Å². The van der Waals surface area contributed by atoms with Gasteiger partial charge in [0.05, 0.1) is 0 Å². The van der Waals surface area contributed by atoms with Crippen LogP contribution in [0.15, 0.2) is 60.7 Å². The Bertz CT molecular complexity index is 631. The summed E-state index contributed by atoms with van der Waals surface area (Å²) >= 11 is 0. The highest BCUT2D eigenvalue weighted by Crippen LogP contribution is 2.38. The van der Waals surface area contributed by atoms with Gasteiger partial charge in [0.1, 0.15) is 0 Å². The first-order valence-corrected chi connectivity index (χ1v) is 8.28. The lowest BCUT2D eigenvalue weighted by Crippen LogP contribution is -2.44. The summed E-state index contributed by atoms with van der Waals surface area (Å²) in [6, 6.07) is 20.9. The van der Waals surface area contributed by atoms with Crippen molar-refractivity contribution in [3.63, 3.8) is 0 Å². The lowest BCUT2D eigenvalue weighted by Gasteiger charge is -2.42. The average molecular weight is 308 g/mol. The summed E-state index contributed by atoms with van der Waals surface area (Å²) in [5, 5.41) is 0. The monoisotopic (exact) mass is 308 g/mol. The Kier molecular flexibility index (Phi) is 4.77. The maximum absolute atomic E-state index is 11.6. The highest BCUT2D eigenvalue weighted by Gasteiger charge is 2.37. The molecule has 2 N–H and O–H groups in total. The zero-order valence-corrected chi connectivity index (χ0v) is 13.4. The van der Waals surface area contributed by atoms with Crippen LogP contribution in [-0.4, -0.2) is 23.9 Å². The summed E-state index contributed by atoms with van der Waals surface area (Å²) in [5.41, 5.74) is 8.05. The van der Waals surface area contributed by atoms with Crippen molar-refractivity contribution in [2.24, 2.45) is 5.73 Å². The predicted molar refractivity (Wildman–Crippen MR) is 92.9 cm³/mol. The Hall–Kier alpha value is -2.13. The smallest absolute Gasteiger partial charge is 0.218 e. The van der Waals surface area contributed by atoms with Gasteiger partial charge >= 0.3 is 0 Å². The SMILES string of the molecule is NC(=O)CC1(c2ccccc2)CCN(Cc2ccccc2)CC1. The molecular weight excluding hydrogens is 284 g/mol. The van der Waals surface area contributed by atoms with E-state index in [0.717, 1.165) is 32.5 Å². The van der Waals surface area contributed by atoms with E-state index in [4.69, 9.17) is 5.73 Å². The third-order valence-electron chi connectivity index (χ3n) is 4.96. The van der Waals surface area contributed by atoms with E-state index in [9.17, 15) is 4.79 Å². The molecular formula is C20H24N2O. The molecule has 0 atom stereocenters. The highest BCUT2D eigenvalue weighted by molar-refractivity contribution is 5.75. The van der Waals surface area contributed by atoms with Crippen molar-refractivity contribution >= 4 is 5.91 Å². The first-order valence-electron chi connectivity index (χ1n) is 8.28. The molecule has 0 saturated carbocycles. The van der Waals surface area contributed by atoms with Gasteiger partial charge in [-0.1, -0.05) is 60.7 Å². The first kappa shape index (κ1) is 15.8. The fourth-order valence-corrected chi connectivity index (χ4v) is 3.67. The van der Waals surface area contributed by atoms with Crippen molar-refractivity contribution in [2.75, 3.05) is 13.1 Å². The highest BCUT2D eigenvalue weighted by atomic mass is 16.1. The number of hydrogen-bond acceptors (Lipinski definition) is 2. The van der Waals surface area contributed by atoms with E-state index in [1.807, 2.05) is 12.1 Å². The second-order valence-corrected chi connectivity index (χ2v) is 6.55. The topological polar surface area (TPSA) is 46.3 Å². The summed E-state index contributed by atoms with van der Waals surface area (Å²) in [4.78, 5) is 14.1. The van der Waals surface area contributed by atoms with Gasteiger partial charge in [0, 0.05) is 18.4 Å². The van der Waals surface area contributed by atoms with E-state index in [1.165, 1.54) is 11.1 Å². The molecule has 1 aliphatic heterocycles. The van der Waals surface area contributed by atoms with Crippen LogP contribution >= 0.6 is 0 Å². The summed E-state index contributed by atoms with van der Waals surface area (Å²) in [7, 11) is 0. The quantitative estimate of drug-likeness (QED) is 0.922. The van der Waals surface area contributed by atoms with E-state index in [0.29, 0.717) is 6.42 Å². The third-order valence-corrected chi connectivity index (χ3v) is 4.96. The average Bonchev–Trinajstić information content (AvgIpc) is 2.58. The maximum Gasteiger partial charge on any atom is 0.218 e. The summed E-state index contributed by atoms with van der Waals surface area (Å²) in [6.07, 6.45) is 2.40. The molecule has 120 valence electrons. The molecule has 1 saturated heterocycles. The van der Waals surface area contributed by atoms with Crippen molar-refractivity contribution in [1.82, 2.24) is 4.90 Å². The molecule has 2 aromatic rings. The van der Waals surface area contributed by atoms with Gasteiger partial charge < -0.3 is 5.73 Å². The zero-order chi connectivity index (χ0) is 16.1. The number of rotatable bonds is 5. The van der Waals surface area contributed by atoms with E-state index >= 15 is 0 Å². The van der Waals surface area contributed by atoms with Gasteiger partial charge in [-0.3, -0.25) is 9.69 Å². The van der Waals surface area contributed by atoms with E-state index in [-0.39, 0.29) is 11.3 Å². The molecule has 0 aromatic heterocycles. The standard InChI is InChI=1S/C20H24N2O/c21-19(23)15-20(18-9-5-2-6-10-18)11-13-22(14-12-20)16-17-7-3-1-4-8-17/h1-10H,11-16H2,(H2,21,23). The van der Waals surface area contributed by atoms with Gasteiger partial charge in [0.2, 0.25) is 5.91 Å². The lowest BCUT2D eigenvalue weighted by molar-refractivity contribution is -0.119. The van der Waals surface area contributed by atoms with Crippen LogP contribution in [0.5, 0.6) is 0 Å². The molecule has 3 heteroatoms. The minimum atomic E-state index is -0.203. The Morgan fingerprint density at radius 3 is 2.09 bits per heavy atom. The molecule has 0 aliphatic carbocycles. The Labute approximate surface area is 138 Å². The number of likely N-dealkylation sites (tertiary alicyclic amines) is 1. The van der Waals surface area contributed by atoms with Gasteiger partial charge in [-0.2, -0.15) is 0 Å². The summed E-state index contributed by atoms with van der Waals surface area (Å²) < 4.78 is 0. The number of primary amides is 1. The number of nitrogens with two attached hydrogens (primary N) is 1. The molecule has 3 nitrogen and oxygen atoms in total. The molecule has 0 unspecified atom stereocenters. The van der Waals surface area contributed by atoms with E-state index in [2.05, 4.69) is 53.4 Å². The van der Waals surface area contributed by atoms with Crippen LogP contribution in [0.2, 0.25) is 0 Å². The van der Waals surface area contributed by atoms with Gasteiger partial charge in [-0.05, 0) is 37.1 Å². The maximum atomic E-state index is 11.6. The van der Waals surface area contributed by atoms with Crippen molar-refractivity contribution in [1.29, 1.82) is 0 Å². The fourth-order valence-electron chi connectivity index (χ4n) is 3.67. The van der Waals surface area contributed by atoms with E-state index in [1.54, 1.807) is 0 Å². The van der Waals surface area contributed by atoms with Crippen molar-refractivity contribution in [2.45, 2.75) is 31.2 Å². The minimum Gasteiger partial charge on any atom is -0.370 e. The number of amides is 1. The molecule has 0 bridgehead atoms. The number of nitrogens with zero attached hydrogens (tertiary/aromatic N) is 1. The molecule has 1 amide bonds.